The SMILES string of the molecule is C=C[C@@H]1C[C@]1(NC(=O)[C@@H]1C[C@@]2(CN1C(=O)[C@@H](NC(=O)[C@@H](NC(=O)[C@@H]1CCCCN1C1CCCC1)C(C)(C)C)C(C)(C)C)C(C)(C)C21CCC1)C(=O)NS(=O)(=O)N1CCCC1. The molecule has 4 saturated carbocycles. The van der Waals surface area contributed by atoms with Crippen LogP contribution in [0.4, 0.5) is 0 Å². The van der Waals surface area contributed by atoms with E-state index < -0.39 is 74.3 Å². The van der Waals surface area contributed by atoms with Crippen molar-refractivity contribution in [1.29, 1.82) is 0 Å². The lowest BCUT2D eigenvalue weighted by Crippen LogP contribution is -2.64. The Morgan fingerprint density at radius 3 is 1.87 bits per heavy atom. The van der Waals surface area contributed by atoms with Crippen molar-refractivity contribution in [2.45, 2.75) is 181 Å². The van der Waals surface area contributed by atoms with Gasteiger partial charge in [0.25, 0.3) is 5.91 Å². The van der Waals surface area contributed by atoms with Crippen LogP contribution >= 0.6 is 0 Å². The second-order valence-electron chi connectivity index (χ2n) is 22.2. The zero-order chi connectivity index (χ0) is 43.8. The summed E-state index contributed by atoms with van der Waals surface area (Å²) in [5.74, 6) is -2.82. The third-order valence-corrected chi connectivity index (χ3v) is 18.0. The molecule has 4 aliphatic carbocycles. The summed E-state index contributed by atoms with van der Waals surface area (Å²) >= 11 is 0. The van der Waals surface area contributed by atoms with Gasteiger partial charge in [0.2, 0.25) is 23.6 Å². The number of hydrogen-bond donors (Lipinski definition) is 4. The van der Waals surface area contributed by atoms with Crippen LogP contribution in [-0.4, -0.2) is 114 Å². The number of nitrogens with zero attached hydrogens (tertiary/aromatic N) is 3. The minimum Gasteiger partial charge on any atom is -0.342 e. The molecule has 0 aromatic heterocycles. The topological polar surface area (TPSA) is 177 Å². The van der Waals surface area contributed by atoms with Crippen molar-refractivity contribution in [2.75, 3.05) is 26.2 Å². The highest BCUT2D eigenvalue weighted by Crippen LogP contribution is 2.88. The Balaban J connectivity index is 1.13. The van der Waals surface area contributed by atoms with E-state index in [1.807, 2.05) is 41.5 Å². The summed E-state index contributed by atoms with van der Waals surface area (Å²) in [4.78, 5) is 76.6. The Hall–Kier alpha value is -3.04. The molecule has 7 atom stereocenters. The van der Waals surface area contributed by atoms with E-state index in [9.17, 15) is 27.6 Å². The van der Waals surface area contributed by atoms with Crippen molar-refractivity contribution < 1.29 is 32.4 Å². The van der Waals surface area contributed by atoms with Crippen LogP contribution in [0.25, 0.3) is 0 Å². The average Bonchev–Trinajstić information content (AvgIpc) is 3.60. The largest absolute Gasteiger partial charge is 0.342 e. The molecule has 7 rings (SSSR count). The van der Waals surface area contributed by atoms with Crippen LogP contribution in [0.15, 0.2) is 12.7 Å². The molecular formula is C45H73N7O7S. The van der Waals surface area contributed by atoms with Gasteiger partial charge in [0.05, 0.1) is 6.04 Å². The maximum absolute atomic E-state index is 15.2. The first-order valence-electron chi connectivity index (χ1n) is 22.9. The van der Waals surface area contributed by atoms with Crippen molar-refractivity contribution in [3.63, 3.8) is 0 Å². The van der Waals surface area contributed by atoms with Gasteiger partial charge in [-0.2, -0.15) is 12.7 Å². The Kier molecular flexibility index (Phi) is 11.7. The predicted molar refractivity (Wildman–Crippen MR) is 229 cm³/mol. The van der Waals surface area contributed by atoms with Crippen LogP contribution in [0.3, 0.4) is 0 Å². The Morgan fingerprint density at radius 2 is 1.33 bits per heavy atom. The van der Waals surface area contributed by atoms with Gasteiger partial charge in [-0.25, -0.2) is 4.72 Å². The molecule has 5 amide bonds. The molecule has 15 heteroatoms. The molecule has 0 unspecified atom stereocenters. The molecule has 336 valence electrons. The van der Waals surface area contributed by atoms with Crippen LogP contribution in [0.2, 0.25) is 0 Å². The number of fused-ring (bicyclic) bond motifs is 1. The highest BCUT2D eigenvalue weighted by molar-refractivity contribution is 7.87. The van der Waals surface area contributed by atoms with Gasteiger partial charge in [-0.15, -0.1) is 6.58 Å². The van der Waals surface area contributed by atoms with Crippen LogP contribution in [0.1, 0.15) is 145 Å². The number of amides is 5. The van der Waals surface area contributed by atoms with E-state index in [0.29, 0.717) is 44.9 Å². The molecule has 3 aliphatic heterocycles. The second-order valence-corrected chi connectivity index (χ2v) is 23.9. The monoisotopic (exact) mass is 856 g/mol. The second kappa shape index (κ2) is 15.6. The Bertz CT molecular complexity index is 1860. The number of carbonyl (C=O) groups is 5. The van der Waals surface area contributed by atoms with E-state index in [4.69, 9.17) is 0 Å². The summed E-state index contributed by atoms with van der Waals surface area (Å²) in [5.41, 5.74) is -3.52. The van der Waals surface area contributed by atoms with E-state index in [1.54, 1.807) is 11.0 Å². The van der Waals surface area contributed by atoms with Crippen molar-refractivity contribution in [3.05, 3.63) is 12.7 Å². The zero-order valence-electron chi connectivity index (χ0n) is 37.6. The number of hydrogen-bond acceptors (Lipinski definition) is 8. The highest BCUT2D eigenvalue weighted by atomic mass is 32.2. The van der Waals surface area contributed by atoms with Crippen LogP contribution in [-0.2, 0) is 34.2 Å². The van der Waals surface area contributed by atoms with Gasteiger partial charge in [0.15, 0.2) is 0 Å². The average molecular weight is 856 g/mol. The fourth-order valence-electron chi connectivity index (χ4n) is 12.5. The standard InChI is InChI=1S/C45H73N7O7S/c1-10-29-26-45(29,39(57)49-60(58,59)50-23-15-16-24-50)48-36(54)32-27-44(42(8,9)43(44)21-17-22-43)28-52(32)38(56)34(41(5,6)7)47-37(55)33(40(2,3)4)46-35(53)31-20-13-14-25-51(31)30-18-11-12-19-30/h10,29-34H,1,11-28H2,2-9H3,(H,46,53)(H,47,55)(H,48,54)(H,49,57)/t29-,31+,32+,33-,34-,44-,45-/m1/s1. The summed E-state index contributed by atoms with van der Waals surface area (Å²) in [5, 5.41) is 9.20. The predicted octanol–water partition coefficient (Wildman–Crippen LogP) is 4.16. The van der Waals surface area contributed by atoms with E-state index in [1.165, 1.54) is 17.1 Å². The maximum Gasteiger partial charge on any atom is 0.303 e. The molecular weight excluding hydrogens is 783 g/mol. The lowest BCUT2D eigenvalue weighted by atomic mass is 9.73. The van der Waals surface area contributed by atoms with Gasteiger partial charge in [0, 0.05) is 37.0 Å². The molecule has 0 aromatic rings. The van der Waals surface area contributed by atoms with Gasteiger partial charge in [0.1, 0.15) is 23.7 Å². The smallest absolute Gasteiger partial charge is 0.303 e. The molecule has 0 radical (unpaired) electrons. The summed E-state index contributed by atoms with van der Waals surface area (Å²) < 4.78 is 29.9. The molecule has 60 heavy (non-hydrogen) atoms. The van der Waals surface area contributed by atoms with Gasteiger partial charge < -0.3 is 20.9 Å². The third kappa shape index (κ3) is 7.51. The fraction of sp³-hybridized carbons (Fsp3) is 0.844. The number of piperidine rings is 1. The Labute approximate surface area is 358 Å². The molecule has 14 nitrogen and oxygen atoms in total. The lowest BCUT2D eigenvalue weighted by Gasteiger charge is -2.41. The first-order chi connectivity index (χ1) is 28.0. The van der Waals surface area contributed by atoms with Crippen molar-refractivity contribution >= 4 is 39.7 Å². The molecule has 3 heterocycles. The summed E-state index contributed by atoms with van der Waals surface area (Å²) in [6.45, 7) is 21.5. The number of rotatable bonds is 12. The van der Waals surface area contributed by atoms with Gasteiger partial charge >= 0.3 is 10.2 Å². The molecule has 7 fully saturated rings. The van der Waals surface area contributed by atoms with E-state index in [2.05, 4.69) is 46.0 Å². The minimum absolute atomic E-state index is 0.0246. The summed E-state index contributed by atoms with van der Waals surface area (Å²) in [6.07, 6.45) is 13.9. The van der Waals surface area contributed by atoms with Crippen LogP contribution < -0.4 is 20.7 Å². The van der Waals surface area contributed by atoms with E-state index in [0.717, 1.165) is 57.9 Å². The minimum atomic E-state index is -4.11. The van der Waals surface area contributed by atoms with Gasteiger partial charge in [-0.3, -0.25) is 28.9 Å². The lowest BCUT2D eigenvalue weighted by molar-refractivity contribution is -0.145. The number of likely N-dealkylation sites (tertiary alicyclic amines) is 2. The van der Waals surface area contributed by atoms with Gasteiger partial charge in [-0.1, -0.05) is 87.1 Å². The van der Waals surface area contributed by atoms with Crippen molar-refractivity contribution in [2.24, 2.45) is 33.0 Å². The quantitative estimate of drug-likeness (QED) is 0.212. The van der Waals surface area contributed by atoms with Crippen LogP contribution in [0.5, 0.6) is 0 Å². The molecule has 2 spiro atoms. The Morgan fingerprint density at radius 1 is 0.733 bits per heavy atom. The maximum atomic E-state index is 15.2. The number of carbonyl (C=O) groups excluding carboxylic acids is 5. The number of nitrogens with one attached hydrogen (secondary N) is 4. The van der Waals surface area contributed by atoms with E-state index >= 15 is 4.79 Å². The normalized spacial score (nSPS) is 32.5. The van der Waals surface area contributed by atoms with Gasteiger partial charge in [-0.05, 0) is 92.4 Å². The fourth-order valence-corrected chi connectivity index (χ4v) is 13.7. The molecule has 0 aromatic carbocycles. The zero-order valence-corrected chi connectivity index (χ0v) is 38.4. The molecule has 4 N–H and O–H groups in total. The molecule has 3 saturated heterocycles. The highest BCUT2D eigenvalue weighted by Gasteiger charge is 2.85. The summed E-state index contributed by atoms with van der Waals surface area (Å²) in [7, 11) is -4.11. The third-order valence-electron chi connectivity index (χ3n) is 16.5. The molecule has 7 aliphatic rings. The van der Waals surface area contributed by atoms with E-state index in [-0.39, 0.29) is 34.6 Å². The first-order valence-corrected chi connectivity index (χ1v) is 24.3. The first kappa shape index (κ1) is 45.0. The van der Waals surface area contributed by atoms with Crippen molar-refractivity contribution in [1.82, 2.24) is 34.8 Å². The van der Waals surface area contributed by atoms with Crippen LogP contribution in [0, 0.1) is 33.0 Å². The summed E-state index contributed by atoms with van der Waals surface area (Å²) in [6, 6.07) is -2.87. The molecule has 0 bridgehead atoms. The van der Waals surface area contributed by atoms with Crippen molar-refractivity contribution in [3.8, 4) is 0 Å².